The van der Waals surface area contributed by atoms with Crippen LogP contribution in [0.4, 0.5) is 0 Å². The fraction of sp³-hybridized carbons (Fsp3) is 0.235. The van der Waals surface area contributed by atoms with Crippen LogP contribution in [-0.4, -0.2) is 11.9 Å². The number of benzene rings is 2. The minimum absolute atomic E-state index is 0.306. The summed E-state index contributed by atoms with van der Waals surface area (Å²) in [5.41, 5.74) is 8.94. The fourth-order valence-corrected chi connectivity index (χ4v) is 1.98. The number of nitrogens with two attached hydrogens (primary N) is 1. The van der Waals surface area contributed by atoms with E-state index in [-0.39, 0.29) is 11.9 Å². The lowest BCUT2D eigenvalue weighted by atomic mass is 10.0. The van der Waals surface area contributed by atoms with Crippen molar-refractivity contribution in [3.05, 3.63) is 71.3 Å². The van der Waals surface area contributed by atoms with Gasteiger partial charge in [-0.25, -0.2) is 0 Å². The van der Waals surface area contributed by atoms with Gasteiger partial charge in [-0.1, -0.05) is 54.6 Å². The molecule has 2 rings (SSSR count). The molecule has 2 aromatic rings. The highest BCUT2D eigenvalue weighted by atomic mass is 16.1. The molecular formula is C17H20N2O. The third kappa shape index (κ3) is 4.21. The normalized spacial score (nSPS) is 12.1. The predicted molar refractivity (Wildman–Crippen MR) is 81.2 cm³/mol. The zero-order chi connectivity index (χ0) is 14.4. The lowest BCUT2D eigenvalue weighted by Crippen LogP contribution is -2.38. The van der Waals surface area contributed by atoms with Crippen LogP contribution in [-0.2, 0) is 17.8 Å². The van der Waals surface area contributed by atoms with Crippen LogP contribution in [0.15, 0.2) is 54.6 Å². The first-order valence-corrected chi connectivity index (χ1v) is 6.79. The second kappa shape index (κ2) is 6.87. The Hall–Kier alpha value is -2.13. The standard InChI is InChI=1S/C17H20N2O/c1-13(17(18)20)19-12-16-9-7-15(8-10-16)11-14-5-3-2-4-6-14/h2-10,13,19H,11-12H2,1H3,(H2,18,20)/t13-/m0/s1. The Kier molecular flexibility index (Phi) is 4.91. The molecule has 3 nitrogen and oxygen atoms in total. The van der Waals surface area contributed by atoms with Gasteiger partial charge in [0.2, 0.25) is 5.91 Å². The van der Waals surface area contributed by atoms with E-state index in [2.05, 4.69) is 53.8 Å². The van der Waals surface area contributed by atoms with Crippen LogP contribution in [0.2, 0.25) is 0 Å². The van der Waals surface area contributed by atoms with Gasteiger partial charge in [0, 0.05) is 6.54 Å². The van der Waals surface area contributed by atoms with Crippen LogP contribution in [0.25, 0.3) is 0 Å². The highest BCUT2D eigenvalue weighted by Gasteiger charge is 2.06. The number of carbonyl (C=O) groups is 1. The van der Waals surface area contributed by atoms with Gasteiger partial charge < -0.3 is 11.1 Å². The lowest BCUT2D eigenvalue weighted by molar-refractivity contribution is -0.119. The summed E-state index contributed by atoms with van der Waals surface area (Å²) in [6, 6.07) is 18.5. The SMILES string of the molecule is C[C@H](NCc1ccc(Cc2ccccc2)cc1)C(N)=O. The summed E-state index contributed by atoms with van der Waals surface area (Å²) in [6.45, 7) is 2.42. The molecule has 104 valence electrons. The molecule has 0 unspecified atom stereocenters. The Bertz CT molecular complexity index is 549. The molecule has 0 heterocycles. The van der Waals surface area contributed by atoms with Crippen LogP contribution in [0.3, 0.4) is 0 Å². The molecule has 0 aliphatic heterocycles. The number of hydrogen-bond acceptors (Lipinski definition) is 2. The zero-order valence-electron chi connectivity index (χ0n) is 11.7. The van der Waals surface area contributed by atoms with E-state index in [0.29, 0.717) is 6.54 Å². The van der Waals surface area contributed by atoms with Crippen molar-refractivity contribution >= 4 is 5.91 Å². The number of amides is 1. The van der Waals surface area contributed by atoms with Crippen LogP contribution >= 0.6 is 0 Å². The number of carbonyl (C=O) groups excluding carboxylic acids is 1. The topological polar surface area (TPSA) is 55.1 Å². The maximum absolute atomic E-state index is 10.9. The van der Waals surface area contributed by atoms with E-state index in [4.69, 9.17) is 5.73 Å². The van der Waals surface area contributed by atoms with Gasteiger partial charge in [0.15, 0.2) is 0 Å². The Balaban J connectivity index is 1.91. The molecule has 0 bridgehead atoms. The zero-order valence-corrected chi connectivity index (χ0v) is 11.7. The van der Waals surface area contributed by atoms with Crippen LogP contribution in [0.5, 0.6) is 0 Å². The number of nitrogens with one attached hydrogen (secondary N) is 1. The van der Waals surface area contributed by atoms with E-state index < -0.39 is 0 Å². The molecule has 0 spiro atoms. The third-order valence-corrected chi connectivity index (χ3v) is 3.31. The summed E-state index contributed by atoms with van der Waals surface area (Å²) in [5, 5.41) is 3.09. The molecule has 1 atom stereocenters. The highest BCUT2D eigenvalue weighted by Crippen LogP contribution is 2.10. The Morgan fingerprint density at radius 3 is 2.15 bits per heavy atom. The van der Waals surface area contributed by atoms with Crippen molar-refractivity contribution in [3.63, 3.8) is 0 Å². The molecule has 0 radical (unpaired) electrons. The average Bonchev–Trinajstić information content (AvgIpc) is 2.47. The van der Waals surface area contributed by atoms with Crippen molar-refractivity contribution in [2.24, 2.45) is 5.73 Å². The van der Waals surface area contributed by atoms with Gasteiger partial charge in [0.05, 0.1) is 6.04 Å². The van der Waals surface area contributed by atoms with Gasteiger partial charge in [0.25, 0.3) is 0 Å². The number of primary amides is 1. The van der Waals surface area contributed by atoms with E-state index in [9.17, 15) is 4.79 Å². The van der Waals surface area contributed by atoms with Crippen molar-refractivity contribution in [2.45, 2.75) is 25.9 Å². The van der Waals surface area contributed by atoms with E-state index in [1.807, 2.05) is 6.07 Å². The minimum Gasteiger partial charge on any atom is -0.368 e. The molecule has 0 aromatic heterocycles. The average molecular weight is 268 g/mol. The van der Waals surface area contributed by atoms with Crippen molar-refractivity contribution in [1.29, 1.82) is 0 Å². The Morgan fingerprint density at radius 2 is 1.55 bits per heavy atom. The van der Waals surface area contributed by atoms with Gasteiger partial charge in [-0.15, -0.1) is 0 Å². The predicted octanol–water partition coefficient (Wildman–Crippen LogP) is 2.24. The van der Waals surface area contributed by atoms with Crippen LogP contribution in [0, 0.1) is 0 Å². The summed E-state index contributed by atoms with van der Waals surface area (Å²) in [4.78, 5) is 10.9. The van der Waals surface area contributed by atoms with E-state index in [1.54, 1.807) is 6.92 Å². The van der Waals surface area contributed by atoms with E-state index in [0.717, 1.165) is 12.0 Å². The fourth-order valence-electron chi connectivity index (χ4n) is 1.98. The molecule has 0 saturated heterocycles. The molecule has 20 heavy (non-hydrogen) atoms. The van der Waals surface area contributed by atoms with Gasteiger partial charge in [-0.3, -0.25) is 4.79 Å². The summed E-state index contributed by atoms with van der Waals surface area (Å²) in [6.07, 6.45) is 0.937. The summed E-state index contributed by atoms with van der Waals surface area (Å²) < 4.78 is 0. The number of hydrogen-bond donors (Lipinski definition) is 2. The maximum atomic E-state index is 10.9. The summed E-state index contributed by atoms with van der Waals surface area (Å²) in [5.74, 6) is -0.328. The Labute approximate surface area is 119 Å². The molecule has 1 amide bonds. The quantitative estimate of drug-likeness (QED) is 0.844. The first kappa shape index (κ1) is 14.3. The molecule has 2 aromatic carbocycles. The second-order valence-electron chi connectivity index (χ2n) is 4.98. The van der Waals surface area contributed by atoms with Gasteiger partial charge >= 0.3 is 0 Å². The van der Waals surface area contributed by atoms with E-state index in [1.165, 1.54) is 11.1 Å². The highest BCUT2D eigenvalue weighted by molar-refractivity contribution is 5.79. The van der Waals surface area contributed by atoms with E-state index >= 15 is 0 Å². The van der Waals surface area contributed by atoms with Gasteiger partial charge in [-0.05, 0) is 30.0 Å². The number of rotatable bonds is 6. The minimum atomic E-state index is -0.328. The smallest absolute Gasteiger partial charge is 0.234 e. The van der Waals surface area contributed by atoms with Crippen molar-refractivity contribution in [1.82, 2.24) is 5.32 Å². The van der Waals surface area contributed by atoms with Crippen LogP contribution < -0.4 is 11.1 Å². The summed E-state index contributed by atoms with van der Waals surface area (Å²) in [7, 11) is 0. The first-order valence-electron chi connectivity index (χ1n) is 6.79. The summed E-state index contributed by atoms with van der Waals surface area (Å²) >= 11 is 0. The Morgan fingerprint density at radius 1 is 1.00 bits per heavy atom. The maximum Gasteiger partial charge on any atom is 0.234 e. The van der Waals surface area contributed by atoms with Crippen molar-refractivity contribution < 1.29 is 4.79 Å². The third-order valence-electron chi connectivity index (χ3n) is 3.31. The van der Waals surface area contributed by atoms with Crippen molar-refractivity contribution in [3.8, 4) is 0 Å². The van der Waals surface area contributed by atoms with Crippen molar-refractivity contribution in [2.75, 3.05) is 0 Å². The molecule has 3 heteroatoms. The van der Waals surface area contributed by atoms with Gasteiger partial charge in [-0.2, -0.15) is 0 Å². The molecule has 0 fully saturated rings. The van der Waals surface area contributed by atoms with Gasteiger partial charge in [0.1, 0.15) is 0 Å². The monoisotopic (exact) mass is 268 g/mol. The second-order valence-corrected chi connectivity index (χ2v) is 4.98. The molecular weight excluding hydrogens is 248 g/mol. The first-order chi connectivity index (χ1) is 9.65. The van der Waals surface area contributed by atoms with Crippen LogP contribution in [0.1, 0.15) is 23.6 Å². The molecule has 0 aliphatic rings. The molecule has 0 saturated carbocycles. The largest absolute Gasteiger partial charge is 0.368 e. The lowest BCUT2D eigenvalue weighted by Gasteiger charge is -2.10. The molecule has 3 N–H and O–H groups in total. The molecule has 0 aliphatic carbocycles.